The van der Waals surface area contributed by atoms with Crippen LogP contribution in [0.25, 0.3) is 0 Å². The Morgan fingerprint density at radius 2 is 2.18 bits per heavy atom. The third-order valence-corrected chi connectivity index (χ3v) is 4.50. The number of hydrogen-bond donors (Lipinski definition) is 2. The Balaban J connectivity index is 1.95. The van der Waals surface area contributed by atoms with Crippen LogP contribution in [0.2, 0.25) is 0 Å². The molecule has 1 saturated heterocycles. The van der Waals surface area contributed by atoms with Crippen molar-refractivity contribution < 1.29 is 17.9 Å². The van der Waals surface area contributed by atoms with E-state index in [4.69, 9.17) is 0 Å². The molecule has 1 aliphatic rings. The van der Waals surface area contributed by atoms with Gasteiger partial charge in [-0.05, 0) is 17.7 Å². The fraction of sp³-hybridized carbons (Fsp3) is 0.455. The number of sulfone groups is 1. The molecule has 1 aliphatic heterocycles. The minimum atomic E-state index is -3.14. The molecule has 4 nitrogen and oxygen atoms in total. The van der Waals surface area contributed by atoms with Crippen LogP contribution in [-0.2, 0) is 16.4 Å². The lowest BCUT2D eigenvalue weighted by molar-refractivity contribution is 0.165. The molecule has 2 N–H and O–H groups in total. The highest BCUT2D eigenvalue weighted by Gasteiger charge is 2.35. The molecule has 2 unspecified atom stereocenters. The minimum Gasteiger partial charge on any atom is -0.390 e. The van der Waals surface area contributed by atoms with E-state index >= 15 is 0 Å². The summed E-state index contributed by atoms with van der Waals surface area (Å²) in [5.41, 5.74) is 0.724. The van der Waals surface area contributed by atoms with Gasteiger partial charge in [-0.1, -0.05) is 12.1 Å². The second-order valence-electron chi connectivity index (χ2n) is 4.26. The molecule has 0 aromatic heterocycles. The number of aliphatic hydroxyl groups is 1. The lowest BCUT2D eigenvalue weighted by Crippen LogP contribution is -2.38. The molecule has 17 heavy (non-hydrogen) atoms. The van der Waals surface area contributed by atoms with Crippen molar-refractivity contribution in [2.45, 2.75) is 18.7 Å². The van der Waals surface area contributed by atoms with Crippen LogP contribution >= 0.6 is 0 Å². The summed E-state index contributed by atoms with van der Waals surface area (Å²) in [5.74, 6) is -0.596. The molecule has 0 bridgehead atoms. The predicted octanol–water partition coefficient (Wildman–Crippen LogP) is 0.0732. The molecule has 0 aliphatic carbocycles. The van der Waals surface area contributed by atoms with Gasteiger partial charge in [0.25, 0.3) is 0 Å². The Hall–Kier alpha value is -0.980. The molecule has 94 valence electrons. The van der Waals surface area contributed by atoms with E-state index < -0.39 is 22.0 Å². The van der Waals surface area contributed by atoms with Gasteiger partial charge in [0.2, 0.25) is 0 Å². The molecule has 0 spiro atoms. The van der Waals surface area contributed by atoms with Gasteiger partial charge < -0.3 is 10.4 Å². The zero-order chi connectivity index (χ0) is 12.5. The van der Waals surface area contributed by atoms with E-state index in [1.54, 1.807) is 12.1 Å². The predicted molar refractivity (Wildman–Crippen MR) is 61.7 cm³/mol. The van der Waals surface area contributed by atoms with Crippen molar-refractivity contribution in [3.8, 4) is 0 Å². The number of aliphatic hydroxyl groups excluding tert-OH is 1. The summed E-state index contributed by atoms with van der Waals surface area (Å²) in [6.07, 6.45) is -0.881. The smallest absolute Gasteiger partial charge is 0.154 e. The van der Waals surface area contributed by atoms with Crippen molar-refractivity contribution in [3.05, 3.63) is 35.6 Å². The fourth-order valence-electron chi connectivity index (χ4n) is 1.92. The molecule has 2 atom stereocenters. The molecule has 0 amide bonds. The summed E-state index contributed by atoms with van der Waals surface area (Å²) in [5, 5.41) is 12.5. The second kappa shape index (κ2) is 4.72. The van der Waals surface area contributed by atoms with E-state index in [-0.39, 0.29) is 17.3 Å². The van der Waals surface area contributed by atoms with Gasteiger partial charge in [-0.15, -0.1) is 0 Å². The van der Waals surface area contributed by atoms with Gasteiger partial charge >= 0.3 is 0 Å². The second-order valence-corrected chi connectivity index (χ2v) is 6.42. The third kappa shape index (κ3) is 3.24. The summed E-state index contributed by atoms with van der Waals surface area (Å²) >= 11 is 0. The highest BCUT2D eigenvalue weighted by molar-refractivity contribution is 7.91. The fourth-order valence-corrected chi connectivity index (χ4v) is 3.70. The quantitative estimate of drug-likeness (QED) is 0.806. The van der Waals surface area contributed by atoms with Crippen LogP contribution in [-0.4, -0.2) is 37.2 Å². The van der Waals surface area contributed by atoms with Gasteiger partial charge in [-0.3, -0.25) is 0 Å². The first kappa shape index (κ1) is 12.5. The number of rotatable bonds is 3. The van der Waals surface area contributed by atoms with Crippen LogP contribution in [0.1, 0.15) is 5.56 Å². The maximum absolute atomic E-state index is 12.9. The lowest BCUT2D eigenvalue weighted by Gasteiger charge is -2.14. The van der Waals surface area contributed by atoms with E-state index in [0.29, 0.717) is 6.54 Å². The number of hydrogen-bond acceptors (Lipinski definition) is 4. The first-order valence-electron chi connectivity index (χ1n) is 5.32. The molecule has 1 aromatic rings. The third-order valence-electron chi connectivity index (χ3n) is 2.78. The highest BCUT2D eigenvalue weighted by atomic mass is 32.2. The number of halogens is 1. The van der Waals surface area contributed by atoms with Gasteiger partial charge in [0.05, 0.1) is 17.6 Å². The normalized spacial score (nSPS) is 27.2. The van der Waals surface area contributed by atoms with E-state index in [1.165, 1.54) is 12.1 Å². The molecule has 1 heterocycles. The van der Waals surface area contributed by atoms with Crippen LogP contribution in [0.5, 0.6) is 0 Å². The Labute approximate surface area is 99.4 Å². The molecular formula is C11H14FNO3S. The van der Waals surface area contributed by atoms with Crippen molar-refractivity contribution in [3.63, 3.8) is 0 Å². The summed E-state index contributed by atoms with van der Waals surface area (Å²) in [7, 11) is -3.14. The van der Waals surface area contributed by atoms with Crippen molar-refractivity contribution in [1.82, 2.24) is 5.32 Å². The monoisotopic (exact) mass is 259 g/mol. The maximum atomic E-state index is 12.9. The van der Waals surface area contributed by atoms with Crippen LogP contribution in [0.3, 0.4) is 0 Å². The first-order chi connectivity index (χ1) is 7.96. The van der Waals surface area contributed by atoms with Crippen molar-refractivity contribution in [2.75, 3.05) is 11.5 Å². The summed E-state index contributed by atoms with van der Waals surface area (Å²) < 4.78 is 35.4. The average molecular weight is 259 g/mol. The Morgan fingerprint density at radius 1 is 1.41 bits per heavy atom. The zero-order valence-electron chi connectivity index (χ0n) is 9.14. The van der Waals surface area contributed by atoms with E-state index in [1.807, 2.05) is 0 Å². The highest BCUT2D eigenvalue weighted by Crippen LogP contribution is 2.13. The SMILES string of the molecule is O=S1(=O)CC(O)C(NCc2cccc(F)c2)C1. The van der Waals surface area contributed by atoms with Gasteiger partial charge in [0.15, 0.2) is 9.84 Å². The lowest BCUT2D eigenvalue weighted by atomic mass is 10.2. The van der Waals surface area contributed by atoms with Gasteiger partial charge in [0.1, 0.15) is 5.82 Å². The van der Waals surface area contributed by atoms with Crippen LogP contribution < -0.4 is 5.32 Å². The van der Waals surface area contributed by atoms with Gasteiger partial charge in [-0.2, -0.15) is 0 Å². The first-order valence-corrected chi connectivity index (χ1v) is 7.15. The Morgan fingerprint density at radius 3 is 2.76 bits per heavy atom. The largest absolute Gasteiger partial charge is 0.390 e. The number of benzene rings is 1. The van der Waals surface area contributed by atoms with Crippen molar-refractivity contribution in [1.29, 1.82) is 0 Å². The standard InChI is InChI=1S/C11H14FNO3S/c12-9-3-1-2-8(4-9)5-13-10-6-17(15,16)7-11(10)14/h1-4,10-11,13-14H,5-7H2. The summed E-state index contributed by atoms with van der Waals surface area (Å²) in [4.78, 5) is 0. The van der Waals surface area contributed by atoms with Crippen molar-refractivity contribution >= 4 is 9.84 Å². The molecule has 6 heteroatoms. The Bertz CT molecular complexity index is 503. The van der Waals surface area contributed by atoms with Crippen molar-refractivity contribution in [2.24, 2.45) is 0 Å². The van der Waals surface area contributed by atoms with E-state index in [9.17, 15) is 17.9 Å². The van der Waals surface area contributed by atoms with E-state index in [0.717, 1.165) is 5.56 Å². The minimum absolute atomic E-state index is 0.0660. The molecule has 1 fully saturated rings. The van der Waals surface area contributed by atoms with Crippen LogP contribution in [0.15, 0.2) is 24.3 Å². The van der Waals surface area contributed by atoms with Crippen LogP contribution in [0, 0.1) is 5.82 Å². The topological polar surface area (TPSA) is 66.4 Å². The summed E-state index contributed by atoms with van der Waals surface area (Å²) in [6, 6.07) is 5.59. The molecule has 0 radical (unpaired) electrons. The van der Waals surface area contributed by atoms with E-state index in [2.05, 4.69) is 5.32 Å². The number of nitrogens with one attached hydrogen (secondary N) is 1. The molecule has 1 aromatic carbocycles. The molecular weight excluding hydrogens is 245 g/mol. The molecule has 2 rings (SSSR count). The molecule has 0 saturated carbocycles. The maximum Gasteiger partial charge on any atom is 0.154 e. The Kier molecular flexibility index (Phi) is 3.46. The van der Waals surface area contributed by atoms with Gasteiger partial charge in [0, 0.05) is 12.6 Å². The zero-order valence-corrected chi connectivity index (χ0v) is 9.95. The van der Waals surface area contributed by atoms with Crippen LogP contribution in [0.4, 0.5) is 4.39 Å². The summed E-state index contributed by atoms with van der Waals surface area (Å²) in [6.45, 7) is 0.342. The van der Waals surface area contributed by atoms with Gasteiger partial charge in [-0.25, -0.2) is 12.8 Å². The average Bonchev–Trinajstić information content (AvgIpc) is 2.49.